The molecule has 0 aliphatic heterocycles. The van der Waals surface area contributed by atoms with E-state index in [0.717, 1.165) is 5.02 Å². The molecule has 1 rings (SSSR count). The topological polar surface area (TPSA) is 38.0 Å². The molecule has 0 radical (unpaired) electrons. The summed E-state index contributed by atoms with van der Waals surface area (Å²) in [6, 6.07) is 6.05. The molecular formula is C11H17ClN2. The van der Waals surface area contributed by atoms with Gasteiger partial charge in [-0.1, -0.05) is 31.5 Å². The van der Waals surface area contributed by atoms with Gasteiger partial charge in [0, 0.05) is 11.1 Å². The second-order valence-electron chi connectivity index (χ2n) is 3.89. The van der Waals surface area contributed by atoms with Crippen molar-refractivity contribution in [1.29, 1.82) is 0 Å². The van der Waals surface area contributed by atoms with Crippen molar-refractivity contribution in [3.8, 4) is 0 Å². The molecule has 0 saturated heterocycles. The first-order chi connectivity index (χ1) is 6.56. The van der Waals surface area contributed by atoms with Gasteiger partial charge < -0.3 is 0 Å². The van der Waals surface area contributed by atoms with Gasteiger partial charge in [-0.3, -0.25) is 11.3 Å². The highest BCUT2D eigenvalue weighted by molar-refractivity contribution is 6.30. The number of nitrogens with one attached hydrogen (secondary N) is 1. The van der Waals surface area contributed by atoms with Crippen LogP contribution >= 0.6 is 11.6 Å². The lowest BCUT2D eigenvalue weighted by molar-refractivity contribution is 0.419. The standard InChI is InChI=1S/C11H17ClN2/c1-7(2)11(14-13)10-6-9(12)5-4-8(10)3/h4-7,11,14H,13H2,1-3H3. The van der Waals surface area contributed by atoms with Gasteiger partial charge in [-0.15, -0.1) is 0 Å². The summed E-state index contributed by atoms with van der Waals surface area (Å²) in [5.41, 5.74) is 5.22. The van der Waals surface area contributed by atoms with Crippen molar-refractivity contribution in [2.24, 2.45) is 11.8 Å². The monoisotopic (exact) mass is 212 g/mol. The number of aryl methyl sites for hydroxylation is 1. The summed E-state index contributed by atoms with van der Waals surface area (Å²) in [7, 11) is 0. The minimum atomic E-state index is 0.161. The molecule has 0 heterocycles. The van der Waals surface area contributed by atoms with Crippen LogP contribution in [0.15, 0.2) is 18.2 Å². The summed E-state index contributed by atoms with van der Waals surface area (Å²) in [5, 5.41) is 0.756. The Balaban J connectivity index is 3.08. The fraction of sp³-hybridized carbons (Fsp3) is 0.455. The minimum Gasteiger partial charge on any atom is -0.271 e. The Labute approximate surface area is 90.4 Å². The molecule has 3 heteroatoms. The SMILES string of the molecule is Cc1ccc(Cl)cc1C(NN)C(C)C. The van der Waals surface area contributed by atoms with Crippen LogP contribution in [0.4, 0.5) is 0 Å². The third-order valence-corrected chi connectivity index (χ3v) is 2.66. The average Bonchev–Trinajstić information content (AvgIpc) is 2.11. The molecule has 0 saturated carbocycles. The molecule has 1 aromatic carbocycles. The van der Waals surface area contributed by atoms with E-state index in [1.54, 1.807) is 0 Å². The molecule has 1 aromatic rings. The maximum Gasteiger partial charge on any atom is 0.0486 e. The Hall–Kier alpha value is -0.570. The highest BCUT2D eigenvalue weighted by Crippen LogP contribution is 2.26. The smallest absolute Gasteiger partial charge is 0.0486 e. The zero-order chi connectivity index (χ0) is 10.7. The fourth-order valence-corrected chi connectivity index (χ4v) is 1.77. The van der Waals surface area contributed by atoms with Crippen molar-refractivity contribution in [1.82, 2.24) is 5.43 Å². The quantitative estimate of drug-likeness (QED) is 0.598. The highest BCUT2D eigenvalue weighted by atomic mass is 35.5. The van der Waals surface area contributed by atoms with Crippen molar-refractivity contribution in [2.45, 2.75) is 26.8 Å². The summed E-state index contributed by atoms with van der Waals surface area (Å²) in [6.07, 6.45) is 0. The lowest BCUT2D eigenvalue weighted by Crippen LogP contribution is -2.32. The van der Waals surface area contributed by atoms with E-state index in [9.17, 15) is 0 Å². The highest BCUT2D eigenvalue weighted by Gasteiger charge is 2.15. The summed E-state index contributed by atoms with van der Waals surface area (Å²) in [5.74, 6) is 5.97. The van der Waals surface area contributed by atoms with E-state index < -0.39 is 0 Å². The number of benzene rings is 1. The third-order valence-electron chi connectivity index (χ3n) is 2.42. The zero-order valence-corrected chi connectivity index (χ0v) is 9.60. The van der Waals surface area contributed by atoms with Gasteiger partial charge in [0.05, 0.1) is 0 Å². The van der Waals surface area contributed by atoms with Crippen LogP contribution in [-0.4, -0.2) is 0 Å². The first-order valence-electron chi connectivity index (χ1n) is 4.78. The minimum absolute atomic E-state index is 0.161. The molecule has 1 unspecified atom stereocenters. The number of halogens is 1. The molecule has 0 spiro atoms. The van der Waals surface area contributed by atoms with Crippen LogP contribution in [-0.2, 0) is 0 Å². The Morgan fingerprint density at radius 2 is 2.00 bits per heavy atom. The summed E-state index contributed by atoms with van der Waals surface area (Å²) >= 11 is 5.95. The summed E-state index contributed by atoms with van der Waals surface area (Å²) in [4.78, 5) is 0. The lowest BCUT2D eigenvalue weighted by Gasteiger charge is -2.22. The van der Waals surface area contributed by atoms with E-state index in [2.05, 4.69) is 26.2 Å². The maximum atomic E-state index is 5.95. The molecule has 0 aliphatic rings. The number of rotatable bonds is 3. The molecule has 2 nitrogen and oxygen atoms in total. The zero-order valence-electron chi connectivity index (χ0n) is 8.84. The van der Waals surface area contributed by atoms with Gasteiger partial charge in [0.2, 0.25) is 0 Å². The van der Waals surface area contributed by atoms with Crippen LogP contribution in [0.1, 0.15) is 31.0 Å². The van der Waals surface area contributed by atoms with Crippen molar-refractivity contribution < 1.29 is 0 Å². The molecule has 0 bridgehead atoms. The second kappa shape index (κ2) is 4.78. The fourth-order valence-electron chi connectivity index (χ4n) is 1.59. The number of nitrogens with two attached hydrogens (primary N) is 1. The molecule has 14 heavy (non-hydrogen) atoms. The van der Waals surface area contributed by atoms with Crippen LogP contribution in [0, 0.1) is 12.8 Å². The number of hydrogen-bond donors (Lipinski definition) is 2. The van der Waals surface area contributed by atoms with Gasteiger partial charge >= 0.3 is 0 Å². The van der Waals surface area contributed by atoms with E-state index >= 15 is 0 Å². The molecular weight excluding hydrogens is 196 g/mol. The predicted octanol–water partition coefficient (Wildman–Crippen LogP) is 2.81. The lowest BCUT2D eigenvalue weighted by atomic mass is 9.93. The van der Waals surface area contributed by atoms with Crippen LogP contribution in [0.2, 0.25) is 5.02 Å². The Morgan fingerprint density at radius 1 is 1.36 bits per heavy atom. The van der Waals surface area contributed by atoms with Crippen molar-refractivity contribution in [3.05, 3.63) is 34.3 Å². The van der Waals surface area contributed by atoms with Gasteiger partial charge in [-0.05, 0) is 36.1 Å². The van der Waals surface area contributed by atoms with E-state index in [0.29, 0.717) is 5.92 Å². The average molecular weight is 213 g/mol. The first-order valence-corrected chi connectivity index (χ1v) is 5.16. The Bertz CT molecular complexity index is 310. The van der Waals surface area contributed by atoms with Gasteiger partial charge in [0.1, 0.15) is 0 Å². The summed E-state index contributed by atoms with van der Waals surface area (Å²) < 4.78 is 0. The van der Waals surface area contributed by atoms with Gasteiger partial charge in [0.15, 0.2) is 0 Å². The molecule has 0 aromatic heterocycles. The van der Waals surface area contributed by atoms with Gasteiger partial charge in [-0.25, -0.2) is 0 Å². The first kappa shape index (κ1) is 11.5. The van der Waals surface area contributed by atoms with E-state index in [-0.39, 0.29) is 6.04 Å². The molecule has 0 aliphatic carbocycles. The molecule has 3 N–H and O–H groups in total. The number of hydrogen-bond acceptors (Lipinski definition) is 2. The summed E-state index contributed by atoms with van der Waals surface area (Å²) in [6.45, 7) is 6.33. The van der Waals surface area contributed by atoms with Crippen LogP contribution in [0.3, 0.4) is 0 Å². The molecule has 0 fully saturated rings. The third kappa shape index (κ3) is 2.47. The van der Waals surface area contributed by atoms with E-state index in [4.69, 9.17) is 17.4 Å². The molecule has 0 amide bonds. The molecule has 1 atom stereocenters. The van der Waals surface area contributed by atoms with Gasteiger partial charge in [0.25, 0.3) is 0 Å². The van der Waals surface area contributed by atoms with Crippen LogP contribution in [0.5, 0.6) is 0 Å². The number of hydrazine groups is 1. The normalized spacial score (nSPS) is 13.3. The predicted molar refractivity (Wildman–Crippen MR) is 61.1 cm³/mol. The van der Waals surface area contributed by atoms with E-state index in [1.165, 1.54) is 11.1 Å². The van der Waals surface area contributed by atoms with Crippen LogP contribution in [0.25, 0.3) is 0 Å². The van der Waals surface area contributed by atoms with Gasteiger partial charge in [-0.2, -0.15) is 0 Å². The Kier molecular flexibility index (Phi) is 3.93. The van der Waals surface area contributed by atoms with Crippen LogP contribution < -0.4 is 11.3 Å². The molecule has 78 valence electrons. The Morgan fingerprint density at radius 3 is 2.50 bits per heavy atom. The van der Waals surface area contributed by atoms with Crippen molar-refractivity contribution in [3.63, 3.8) is 0 Å². The maximum absolute atomic E-state index is 5.95. The largest absolute Gasteiger partial charge is 0.271 e. The van der Waals surface area contributed by atoms with Crippen molar-refractivity contribution >= 4 is 11.6 Å². The van der Waals surface area contributed by atoms with E-state index in [1.807, 2.05) is 18.2 Å². The second-order valence-corrected chi connectivity index (χ2v) is 4.33. The van der Waals surface area contributed by atoms with Crippen molar-refractivity contribution in [2.75, 3.05) is 0 Å².